The molecule has 1 heterocycles. The SMILES string of the molecule is CCc1cc(OC)c(O)c(-c2cn[nH]c2N)c1Br. The summed E-state index contributed by atoms with van der Waals surface area (Å²) >= 11 is 3.50. The Bertz CT molecular complexity index is 553. The maximum Gasteiger partial charge on any atom is 0.167 e. The predicted molar refractivity (Wildman–Crippen MR) is 73.7 cm³/mol. The molecule has 0 saturated heterocycles. The Balaban J connectivity index is 2.76. The highest BCUT2D eigenvalue weighted by Gasteiger charge is 2.20. The second kappa shape index (κ2) is 4.89. The molecule has 6 heteroatoms. The standard InChI is InChI=1S/C12H14BrN3O2/c1-3-6-4-8(18-2)11(17)9(10(6)13)7-5-15-16-12(7)14/h4-5,17H,3H2,1-2H3,(H3,14,15,16). The number of H-pyrrole nitrogens is 1. The van der Waals surface area contributed by atoms with Gasteiger partial charge < -0.3 is 15.6 Å². The van der Waals surface area contributed by atoms with Gasteiger partial charge >= 0.3 is 0 Å². The number of nitrogens with one attached hydrogen (secondary N) is 1. The lowest BCUT2D eigenvalue weighted by Gasteiger charge is -2.14. The van der Waals surface area contributed by atoms with E-state index in [4.69, 9.17) is 10.5 Å². The molecule has 96 valence electrons. The molecule has 0 amide bonds. The quantitative estimate of drug-likeness (QED) is 0.813. The molecular formula is C12H14BrN3O2. The second-order valence-electron chi connectivity index (χ2n) is 3.83. The highest BCUT2D eigenvalue weighted by Crippen LogP contribution is 2.45. The molecule has 0 bridgehead atoms. The number of hydrogen-bond donors (Lipinski definition) is 3. The van der Waals surface area contributed by atoms with Crippen molar-refractivity contribution in [3.05, 3.63) is 22.3 Å². The summed E-state index contributed by atoms with van der Waals surface area (Å²) in [4.78, 5) is 0. The van der Waals surface area contributed by atoms with E-state index in [1.54, 1.807) is 12.3 Å². The molecule has 0 saturated carbocycles. The highest BCUT2D eigenvalue weighted by molar-refractivity contribution is 9.10. The largest absolute Gasteiger partial charge is 0.504 e. The van der Waals surface area contributed by atoms with Crippen molar-refractivity contribution in [3.63, 3.8) is 0 Å². The van der Waals surface area contributed by atoms with E-state index in [-0.39, 0.29) is 5.75 Å². The van der Waals surface area contributed by atoms with Crippen molar-refractivity contribution in [2.45, 2.75) is 13.3 Å². The molecular weight excluding hydrogens is 298 g/mol. The van der Waals surface area contributed by atoms with E-state index in [1.807, 2.05) is 6.92 Å². The Labute approximate surface area is 113 Å². The molecule has 5 nitrogen and oxygen atoms in total. The number of ether oxygens (including phenoxy) is 1. The van der Waals surface area contributed by atoms with Crippen molar-refractivity contribution in [2.75, 3.05) is 12.8 Å². The third kappa shape index (κ3) is 1.92. The molecule has 0 aliphatic rings. The number of methoxy groups -OCH3 is 1. The van der Waals surface area contributed by atoms with Crippen molar-refractivity contribution in [3.8, 4) is 22.6 Å². The van der Waals surface area contributed by atoms with Crippen LogP contribution >= 0.6 is 15.9 Å². The van der Waals surface area contributed by atoms with Crippen molar-refractivity contribution in [1.82, 2.24) is 10.2 Å². The number of nitrogens with zero attached hydrogens (tertiary/aromatic N) is 1. The molecule has 18 heavy (non-hydrogen) atoms. The number of rotatable bonds is 3. The van der Waals surface area contributed by atoms with Crippen LogP contribution in [0.3, 0.4) is 0 Å². The first-order valence-electron chi connectivity index (χ1n) is 5.47. The van der Waals surface area contributed by atoms with Gasteiger partial charge in [-0.15, -0.1) is 0 Å². The zero-order chi connectivity index (χ0) is 13.3. The van der Waals surface area contributed by atoms with Gasteiger partial charge in [-0.3, -0.25) is 5.10 Å². The number of benzene rings is 1. The number of aromatic nitrogens is 2. The number of halogens is 1. The van der Waals surface area contributed by atoms with E-state index in [0.29, 0.717) is 22.7 Å². The maximum atomic E-state index is 10.2. The van der Waals surface area contributed by atoms with E-state index >= 15 is 0 Å². The van der Waals surface area contributed by atoms with Crippen LogP contribution in [0.2, 0.25) is 0 Å². The fourth-order valence-electron chi connectivity index (χ4n) is 1.83. The normalized spacial score (nSPS) is 10.6. The van der Waals surface area contributed by atoms with Gasteiger partial charge in [0, 0.05) is 15.6 Å². The van der Waals surface area contributed by atoms with Crippen LogP contribution in [0, 0.1) is 0 Å². The molecule has 0 radical (unpaired) electrons. The second-order valence-corrected chi connectivity index (χ2v) is 4.62. The molecule has 0 aliphatic carbocycles. The van der Waals surface area contributed by atoms with Crippen LogP contribution in [-0.4, -0.2) is 22.4 Å². The van der Waals surface area contributed by atoms with Crippen LogP contribution in [0.5, 0.6) is 11.5 Å². The minimum absolute atomic E-state index is 0.0506. The Morgan fingerprint density at radius 3 is 2.78 bits per heavy atom. The smallest absolute Gasteiger partial charge is 0.167 e. The van der Waals surface area contributed by atoms with E-state index in [1.165, 1.54) is 7.11 Å². The van der Waals surface area contributed by atoms with Crippen LogP contribution in [0.1, 0.15) is 12.5 Å². The van der Waals surface area contributed by atoms with Gasteiger partial charge in [0.25, 0.3) is 0 Å². The summed E-state index contributed by atoms with van der Waals surface area (Å²) in [6, 6.07) is 1.80. The molecule has 0 aliphatic heterocycles. The molecule has 0 spiro atoms. The van der Waals surface area contributed by atoms with Crippen LogP contribution in [0.15, 0.2) is 16.7 Å². The summed E-state index contributed by atoms with van der Waals surface area (Å²) in [6.45, 7) is 2.03. The number of hydrogen-bond acceptors (Lipinski definition) is 4. The number of aryl methyl sites for hydroxylation is 1. The highest BCUT2D eigenvalue weighted by atomic mass is 79.9. The monoisotopic (exact) mass is 311 g/mol. The van der Waals surface area contributed by atoms with Crippen molar-refractivity contribution in [2.24, 2.45) is 0 Å². The lowest BCUT2D eigenvalue weighted by atomic mass is 10.0. The summed E-state index contributed by atoms with van der Waals surface area (Å²) in [6.07, 6.45) is 2.38. The Hall–Kier alpha value is -1.69. The number of nitrogen functional groups attached to an aromatic ring is 1. The van der Waals surface area contributed by atoms with Gasteiger partial charge in [-0.2, -0.15) is 5.10 Å². The van der Waals surface area contributed by atoms with Gasteiger partial charge in [0.05, 0.1) is 13.3 Å². The summed E-state index contributed by atoms with van der Waals surface area (Å²) in [5.41, 5.74) is 8.07. The first-order valence-corrected chi connectivity index (χ1v) is 6.27. The summed E-state index contributed by atoms with van der Waals surface area (Å²) in [5.74, 6) is 0.877. The third-order valence-electron chi connectivity index (χ3n) is 2.82. The molecule has 0 atom stereocenters. The zero-order valence-corrected chi connectivity index (χ0v) is 11.7. The first kappa shape index (κ1) is 12.8. The molecule has 2 aromatic rings. The maximum absolute atomic E-state index is 10.2. The molecule has 1 aromatic carbocycles. The predicted octanol–water partition coefficient (Wildman–Crippen LogP) is 2.70. The molecule has 2 rings (SSSR count). The van der Waals surface area contributed by atoms with Gasteiger partial charge in [0.15, 0.2) is 11.5 Å². The van der Waals surface area contributed by atoms with Crippen LogP contribution in [0.25, 0.3) is 11.1 Å². The molecule has 0 fully saturated rings. The number of anilines is 1. The summed E-state index contributed by atoms with van der Waals surface area (Å²) < 4.78 is 5.98. The number of aromatic amines is 1. The number of aromatic hydroxyl groups is 1. The zero-order valence-electron chi connectivity index (χ0n) is 10.1. The van der Waals surface area contributed by atoms with Crippen molar-refractivity contribution >= 4 is 21.7 Å². The van der Waals surface area contributed by atoms with E-state index in [9.17, 15) is 5.11 Å². The van der Waals surface area contributed by atoms with Crippen LogP contribution in [-0.2, 0) is 6.42 Å². The lowest BCUT2D eigenvalue weighted by Crippen LogP contribution is -1.95. The minimum Gasteiger partial charge on any atom is -0.504 e. The summed E-state index contributed by atoms with van der Waals surface area (Å²) in [7, 11) is 1.52. The molecule has 0 unspecified atom stereocenters. The lowest BCUT2D eigenvalue weighted by molar-refractivity contribution is 0.374. The minimum atomic E-state index is 0.0506. The van der Waals surface area contributed by atoms with E-state index in [0.717, 1.165) is 16.5 Å². The third-order valence-corrected chi connectivity index (χ3v) is 3.72. The van der Waals surface area contributed by atoms with Gasteiger partial charge in [-0.05, 0) is 34.0 Å². The average Bonchev–Trinajstić information content (AvgIpc) is 2.76. The van der Waals surface area contributed by atoms with Gasteiger partial charge in [-0.1, -0.05) is 6.92 Å². The summed E-state index contributed by atoms with van der Waals surface area (Å²) in [5, 5.41) is 16.8. The Morgan fingerprint density at radius 1 is 1.56 bits per heavy atom. The topological polar surface area (TPSA) is 84.2 Å². The first-order chi connectivity index (χ1) is 8.60. The molecule has 1 aromatic heterocycles. The Morgan fingerprint density at radius 2 is 2.28 bits per heavy atom. The van der Waals surface area contributed by atoms with Crippen LogP contribution in [0.4, 0.5) is 5.82 Å². The average molecular weight is 312 g/mol. The fourth-order valence-corrected chi connectivity index (χ4v) is 2.63. The van der Waals surface area contributed by atoms with Gasteiger partial charge in [0.1, 0.15) is 5.82 Å². The van der Waals surface area contributed by atoms with Crippen LogP contribution < -0.4 is 10.5 Å². The number of nitrogens with two attached hydrogens (primary N) is 1. The number of phenolic OH excluding ortho intramolecular Hbond substituents is 1. The van der Waals surface area contributed by atoms with Crippen molar-refractivity contribution < 1.29 is 9.84 Å². The van der Waals surface area contributed by atoms with Crippen molar-refractivity contribution in [1.29, 1.82) is 0 Å². The van der Waals surface area contributed by atoms with E-state index < -0.39 is 0 Å². The number of phenols is 1. The van der Waals surface area contributed by atoms with Gasteiger partial charge in [0.2, 0.25) is 0 Å². The Kier molecular flexibility index (Phi) is 3.47. The van der Waals surface area contributed by atoms with Gasteiger partial charge in [-0.25, -0.2) is 0 Å². The molecule has 4 N–H and O–H groups in total. The van der Waals surface area contributed by atoms with E-state index in [2.05, 4.69) is 26.1 Å². The fraction of sp³-hybridized carbons (Fsp3) is 0.250.